The van der Waals surface area contributed by atoms with Gasteiger partial charge >= 0.3 is 5.69 Å². The van der Waals surface area contributed by atoms with Gasteiger partial charge in [-0.25, -0.2) is 23.3 Å². The Balaban J connectivity index is 1.64. The molecule has 2 aromatic carbocycles. The zero-order valence-electron chi connectivity index (χ0n) is 16.7. The zero-order chi connectivity index (χ0) is 22.1. The molecule has 0 aliphatic heterocycles. The van der Waals surface area contributed by atoms with Crippen LogP contribution in [0.4, 0.5) is 21.7 Å². The molecule has 2 aromatic heterocycles. The van der Waals surface area contributed by atoms with Gasteiger partial charge in [-0.2, -0.15) is 0 Å². The lowest BCUT2D eigenvalue weighted by Crippen LogP contribution is -2.29. The molecule has 0 atom stereocenters. The average molecular weight is 441 g/mol. The summed E-state index contributed by atoms with van der Waals surface area (Å²) in [5.74, 6) is -0.587. The highest BCUT2D eigenvalue weighted by atomic mass is 35.5. The molecule has 0 saturated carbocycles. The maximum absolute atomic E-state index is 13.2. The molecule has 0 fully saturated rings. The van der Waals surface area contributed by atoms with E-state index in [0.29, 0.717) is 27.7 Å². The lowest BCUT2D eigenvalue weighted by molar-refractivity contribution is -0.117. The quantitative estimate of drug-likeness (QED) is 0.493. The molecule has 8 nitrogen and oxygen atoms in total. The van der Waals surface area contributed by atoms with Crippen molar-refractivity contribution in [3.05, 3.63) is 81.1 Å². The number of halogens is 2. The van der Waals surface area contributed by atoms with Crippen LogP contribution in [0.5, 0.6) is 0 Å². The van der Waals surface area contributed by atoms with Crippen molar-refractivity contribution in [1.82, 2.24) is 19.2 Å². The van der Waals surface area contributed by atoms with Crippen LogP contribution in [0.25, 0.3) is 5.65 Å². The summed E-state index contributed by atoms with van der Waals surface area (Å²) in [7, 11) is 0. The fraction of sp³-hybridized carbons (Fsp3) is 0.143. The van der Waals surface area contributed by atoms with Crippen LogP contribution in [0.2, 0.25) is 5.02 Å². The predicted molar refractivity (Wildman–Crippen MR) is 116 cm³/mol. The number of benzene rings is 2. The molecule has 1 amide bonds. The zero-order valence-corrected chi connectivity index (χ0v) is 17.4. The SMILES string of the molecule is Cc1cc2nn(CC(=O)Nc3cccc(Cl)c3C)c(=O)n2c(Nc2ccc(F)cc2)n1. The second-order valence-corrected chi connectivity index (χ2v) is 7.35. The predicted octanol–water partition coefficient (Wildman–Crippen LogP) is 3.68. The molecule has 0 aliphatic rings. The topological polar surface area (TPSA) is 93.3 Å². The molecule has 0 saturated heterocycles. The van der Waals surface area contributed by atoms with Crippen LogP contribution >= 0.6 is 11.6 Å². The van der Waals surface area contributed by atoms with Gasteiger partial charge in [-0.1, -0.05) is 17.7 Å². The first-order valence-corrected chi connectivity index (χ1v) is 9.74. The van der Waals surface area contributed by atoms with Crippen LogP contribution < -0.4 is 16.3 Å². The third kappa shape index (κ3) is 4.26. The summed E-state index contributed by atoms with van der Waals surface area (Å²) in [6.07, 6.45) is 0. The van der Waals surface area contributed by atoms with Crippen LogP contribution in [0, 0.1) is 19.7 Å². The Hall–Kier alpha value is -3.72. The molecule has 158 valence electrons. The standard InChI is InChI=1S/C21H18ClFN6O2/c1-12-10-18-27-28(11-19(30)26-17-5-3-4-16(22)13(17)2)21(31)29(18)20(24-12)25-15-8-6-14(23)7-9-15/h3-10H,11H2,1-2H3,(H,24,25)(H,26,30). The number of hydrogen-bond donors (Lipinski definition) is 2. The number of amides is 1. The van der Waals surface area contributed by atoms with Crippen LogP contribution in [-0.4, -0.2) is 25.1 Å². The molecule has 10 heteroatoms. The minimum Gasteiger partial charge on any atom is -0.325 e. The Labute approximate surface area is 181 Å². The van der Waals surface area contributed by atoms with Crippen molar-refractivity contribution in [3.63, 3.8) is 0 Å². The molecule has 0 spiro atoms. The van der Waals surface area contributed by atoms with E-state index in [1.165, 1.54) is 28.7 Å². The lowest BCUT2D eigenvalue weighted by Gasteiger charge is -2.09. The van der Waals surface area contributed by atoms with Gasteiger partial charge in [0, 0.05) is 28.2 Å². The Morgan fingerprint density at radius 3 is 2.65 bits per heavy atom. The number of aromatic nitrogens is 4. The molecule has 4 rings (SSSR count). The average Bonchev–Trinajstić information content (AvgIpc) is 3.02. The van der Waals surface area contributed by atoms with Crippen molar-refractivity contribution in [3.8, 4) is 0 Å². The summed E-state index contributed by atoms with van der Waals surface area (Å²) in [6.45, 7) is 3.26. The Kier molecular flexibility index (Phi) is 5.43. The number of nitrogens with zero attached hydrogens (tertiary/aromatic N) is 4. The van der Waals surface area contributed by atoms with Crippen LogP contribution in [-0.2, 0) is 11.3 Å². The number of fused-ring (bicyclic) bond motifs is 1. The second kappa shape index (κ2) is 8.19. The van der Waals surface area contributed by atoms with Gasteiger partial charge in [0.25, 0.3) is 0 Å². The Bertz CT molecular complexity index is 1350. The Morgan fingerprint density at radius 1 is 1.16 bits per heavy atom. The Morgan fingerprint density at radius 2 is 1.90 bits per heavy atom. The minimum atomic E-state index is -0.537. The maximum atomic E-state index is 13.2. The largest absolute Gasteiger partial charge is 0.353 e. The third-order valence-corrected chi connectivity index (χ3v) is 5.04. The highest BCUT2D eigenvalue weighted by Crippen LogP contribution is 2.23. The first kappa shape index (κ1) is 20.5. The summed E-state index contributed by atoms with van der Waals surface area (Å²) >= 11 is 6.09. The van der Waals surface area contributed by atoms with Gasteiger partial charge in [0.2, 0.25) is 11.9 Å². The summed E-state index contributed by atoms with van der Waals surface area (Å²) in [5, 5.41) is 10.5. The molecule has 4 aromatic rings. The monoisotopic (exact) mass is 440 g/mol. The van der Waals surface area contributed by atoms with Gasteiger partial charge in [-0.15, -0.1) is 5.10 Å². The second-order valence-electron chi connectivity index (χ2n) is 6.95. The summed E-state index contributed by atoms with van der Waals surface area (Å²) in [4.78, 5) is 29.8. The van der Waals surface area contributed by atoms with E-state index in [1.54, 1.807) is 38.1 Å². The van der Waals surface area contributed by atoms with E-state index in [4.69, 9.17) is 11.6 Å². The van der Waals surface area contributed by atoms with Crippen LogP contribution in [0.1, 0.15) is 11.3 Å². The molecule has 0 radical (unpaired) electrons. The van der Waals surface area contributed by atoms with E-state index in [0.717, 1.165) is 10.2 Å². The molecular weight excluding hydrogens is 423 g/mol. The number of hydrogen-bond acceptors (Lipinski definition) is 5. The smallest absolute Gasteiger partial charge is 0.325 e. The van der Waals surface area contributed by atoms with E-state index >= 15 is 0 Å². The van der Waals surface area contributed by atoms with Crippen molar-refractivity contribution in [2.75, 3.05) is 10.6 Å². The number of carbonyl (C=O) groups excluding carboxylic acids is 1. The van der Waals surface area contributed by atoms with Gasteiger partial charge in [0.1, 0.15) is 12.4 Å². The van der Waals surface area contributed by atoms with Crippen molar-refractivity contribution in [2.45, 2.75) is 20.4 Å². The normalized spacial score (nSPS) is 11.0. The molecule has 31 heavy (non-hydrogen) atoms. The number of anilines is 3. The highest BCUT2D eigenvalue weighted by Gasteiger charge is 2.16. The van der Waals surface area contributed by atoms with E-state index in [9.17, 15) is 14.0 Å². The molecular formula is C21H18ClFN6O2. The summed E-state index contributed by atoms with van der Waals surface area (Å²) in [5.41, 5.74) is 2.25. The van der Waals surface area contributed by atoms with Crippen molar-refractivity contribution in [1.29, 1.82) is 0 Å². The molecule has 2 heterocycles. The number of nitrogens with one attached hydrogen (secondary N) is 2. The van der Waals surface area contributed by atoms with Gasteiger partial charge in [-0.05, 0) is 55.8 Å². The van der Waals surface area contributed by atoms with Gasteiger partial charge in [-0.3, -0.25) is 4.79 Å². The highest BCUT2D eigenvalue weighted by molar-refractivity contribution is 6.31. The number of aryl methyl sites for hydroxylation is 1. The van der Waals surface area contributed by atoms with E-state index in [-0.39, 0.29) is 18.3 Å². The fourth-order valence-corrected chi connectivity index (χ4v) is 3.25. The van der Waals surface area contributed by atoms with E-state index in [1.807, 2.05) is 0 Å². The minimum absolute atomic E-state index is 0.212. The van der Waals surface area contributed by atoms with Crippen LogP contribution in [0.15, 0.2) is 53.3 Å². The molecule has 2 N–H and O–H groups in total. The first-order valence-electron chi connectivity index (χ1n) is 9.36. The van der Waals surface area contributed by atoms with Crippen molar-refractivity contribution in [2.24, 2.45) is 0 Å². The lowest BCUT2D eigenvalue weighted by atomic mass is 10.2. The van der Waals surface area contributed by atoms with Crippen molar-refractivity contribution >= 4 is 40.5 Å². The van der Waals surface area contributed by atoms with E-state index in [2.05, 4.69) is 20.7 Å². The fourth-order valence-electron chi connectivity index (χ4n) is 3.07. The molecule has 0 aliphatic carbocycles. The third-order valence-electron chi connectivity index (χ3n) is 4.63. The number of rotatable bonds is 5. The molecule has 0 unspecified atom stereocenters. The van der Waals surface area contributed by atoms with E-state index < -0.39 is 11.6 Å². The van der Waals surface area contributed by atoms with Gasteiger partial charge in [0.15, 0.2) is 5.65 Å². The van der Waals surface area contributed by atoms with Crippen molar-refractivity contribution < 1.29 is 9.18 Å². The van der Waals surface area contributed by atoms with Crippen LogP contribution in [0.3, 0.4) is 0 Å². The summed E-state index contributed by atoms with van der Waals surface area (Å²) in [6, 6.07) is 12.5. The van der Waals surface area contributed by atoms with Gasteiger partial charge in [0.05, 0.1) is 0 Å². The maximum Gasteiger partial charge on any atom is 0.353 e. The molecule has 0 bridgehead atoms. The van der Waals surface area contributed by atoms with Gasteiger partial charge < -0.3 is 10.6 Å². The summed E-state index contributed by atoms with van der Waals surface area (Å²) < 4.78 is 15.5. The first-order chi connectivity index (χ1) is 14.8. The number of carbonyl (C=O) groups is 1.